The van der Waals surface area contributed by atoms with E-state index in [1.807, 2.05) is 30.5 Å². The van der Waals surface area contributed by atoms with Crippen molar-refractivity contribution in [3.05, 3.63) is 53.3 Å². The van der Waals surface area contributed by atoms with Gasteiger partial charge >= 0.3 is 0 Å². The summed E-state index contributed by atoms with van der Waals surface area (Å²) in [6.45, 7) is 4.98. The molecule has 0 spiro atoms. The zero-order valence-corrected chi connectivity index (χ0v) is 13.0. The molecule has 21 heavy (non-hydrogen) atoms. The lowest BCUT2D eigenvalue weighted by atomic mass is 10.0. The summed E-state index contributed by atoms with van der Waals surface area (Å²) in [6.07, 6.45) is 1.83. The molecule has 4 heteroatoms. The highest BCUT2D eigenvalue weighted by Gasteiger charge is 2.19. The SMILES string of the molecule is CCNC(c1cc(C)ccn1)c1cc(OC)ccc1OC. The van der Waals surface area contributed by atoms with Gasteiger partial charge in [0.2, 0.25) is 0 Å². The number of aromatic nitrogens is 1. The van der Waals surface area contributed by atoms with E-state index in [4.69, 9.17) is 9.47 Å². The number of aryl methyl sites for hydroxylation is 1. The van der Waals surface area contributed by atoms with Crippen LogP contribution in [-0.2, 0) is 0 Å². The van der Waals surface area contributed by atoms with Crippen molar-refractivity contribution in [2.75, 3.05) is 20.8 Å². The van der Waals surface area contributed by atoms with Crippen LogP contribution in [0.2, 0.25) is 0 Å². The molecule has 112 valence electrons. The Labute approximate surface area is 126 Å². The molecule has 2 aromatic rings. The van der Waals surface area contributed by atoms with Gasteiger partial charge in [0.25, 0.3) is 0 Å². The molecule has 1 atom stereocenters. The molecule has 0 aliphatic rings. The van der Waals surface area contributed by atoms with E-state index in [1.165, 1.54) is 5.56 Å². The van der Waals surface area contributed by atoms with Crippen LogP contribution in [0.1, 0.15) is 29.8 Å². The number of hydrogen-bond acceptors (Lipinski definition) is 4. The maximum absolute atomic E-state index is 5.50. The fraction of sp³-hybridized carbons (Fsp3) is 0.353. The van der Waals surface area contributed by atoms with Crippen molar-refractivity contribution >= 4 is 0 Å². The molecule has 0 aliphatic carbocycles. The normalized spacial score (nSPS) is 12.0. The van der Waals surface area contributed by atoms with Crippen molar-refractivity contribution in [2.45, 2.75) is 19.9 Å². The fourth-order valence-electron chi connectivity index (χ4n) is 2.36. The lowest BCUT2D eigenvalue weighted by molar-refractivity contribution is 0.393. The predicted octanol–water partition coefficient (Wildman–Crippen LogP) is 3.11. The van der Waals surface area contributed by atoms with E-state index in [-0.39, 0.29) is 6.04 Å². The van der Waals surface area contributed by atoms with Gasteiger partial charge in [0.1, 0.15) is 11.5 Å². The number of benzene rings is 1. The van der Waals surface area contributed by atoms with Crippen molar-refractivity contribution < 1.29 is 9.47 Å². The van der Waals surface area contributed by atoms with E-state index in [0.29, 0.717) is 0 Å². The van der Waals surface area contributed by atoms with E-state index in [1.54, 1.807) is 14.2 Å². The number of pyridine rings is 1. The van der Waals surface area contributed by atoms with Crippen LogP contribution in [0.5, 0.6) is 11.5 Å². The number of methoxy groups -OCH3 is 2. The number of nitrogens with one attached hydrogen (secondary N) is 1. The summed E-state index contributed by atoms with van der Waals surface area (Å²) in [7, 11) is 3.34. The molecular weight excluding hydrogens is 264 g/mol. The first-order chi connectivity index (χ1) is 10.2. The summed E-state index contributed by atoms with van der Waals surface area (Å²) < 4.78 is 10.8. The summed E-state index contributed by atoms with van der Waals surface area (Å²) in [4.78, 5) is 4.51. The predicted molar refractivity (Wildman–Crippen MR) is 84.0 cm³/mol. The standard InChI is InChI=1S/C17H22N2O2/c1-5-18-17(15-10-12(2)8-9-19-15)14-11-13(20-3)6-7-16(14)21-4/h6-11,17-18H,5H2,1-4H3. The van der Waals surface area contributed by atoms with Gasteiger partial charge in [0.15, 0.2) is 0 Å². The molecule has 1 aromatic heterocycles. The van der Waals surface area contributed by atoms with E-state index in [0.717, 1.165) is 29.3 Å². The van der Waals surface area contributed by atoms with Crippen molar-refractivity contribution in [3.8, 4) is 11.5 Å². The molecule has 0 amide bonds. The molecule has 2 rings (SSSR count). The van der Waals surface area contributed by atoms with Crippen LogP contribution in [0.15, 0.2) is 36.5 Å². The van der Waals surface area contributed by atoms with E-state index in [2.05, 4.69) is 30.2 Å². The average Bonchev–Trinajstić information content (AvgIpc) is 2.52. The maximum Gasteiger partial charge on any atom is 0.124 e. The Morgan fingerprint density at radius 2 is 1.95 bits per heavy atom. The van der Waals surface area contributed by atoms with Gasteiger partial charge in [-0.3, -0.25) is 4.98 Å². The third kappa shape index (κ3) is 3.52. The smallest absolute Gasteiger partial charge is 0.124 e. The van der Waals surface area contributed by atoms with Crippen molar-refractivity contribution in [1.82, 2.24) is 10.3 Å². The van der Waals surface area contributed by atoms with Crippen LogP contribution < -0.4 is 14.8 Å². The first kappa shape index (κ1) is 15.3. The zero-order chi connectivity index (χ0) is 15.2. The molecule has 1 heterocycles. The van der Waals surface area contributed by atoms with Gasteiger partial charge < -0.3 is 14.8 Å². The van der Waals surface area contributed by atoms with Crippen LogP contribution >= 0.6 is 0 Å². The molecule has 4 nitrogen and oxygen atoms in total. The third-order valence-corrected chi connectivity index (χ3v) is 3.39. The molecule has 1 aromatic carbocycles. The third-order valence-electron chi connectivity index (χ3n) is 3.39. The van der Waals surface area contributed by atoms with Crippen molar-refractivity contribution in [3.63, 3.8) is 0 Å². The van der Waals surface area contributed by atoms with Crippen LogP contribution in [0.4, 0.5) is 0 Å². The molecular formula is C17H22N2O2. The molecule has 0 saturated carbocycles. The second kappa shape index (κ2) is 7.09. The summed E-state index contributed by atoms with van der Waals surface area (Å²) in [5.41, 5.74) is 3.19. The van der Waals surface area contributed by atoms with Crippen LogP contribution in [0, 0.1) is 6.92 Å². The second-order valence-electron chi connectivity index (χ2n) is 4.86. The van der Waals surface area contributed by atoms with Crippen LogP contribution in [-0.4, -0.2) is 25.7 Å². The highest BCUT2D eigenvalue weighted by Crippen LogP contribution is 2.32. The van der Waals surface area contributed by atoms with Crippen molar-refractivity contribution in [1.29, 1.82) is 0 Å². The maximum atomic E-state index is 5.50. The molecule has 0 fully saturated rings. The average molecular weight is 286 g/mol. The van der Waals surface area contributed by atoms with Gasteiger partial charge in [0.05, 0.1) is 26.0 Å². The first-order valence-corrected chi connectivity index (χ1v) is 7.07. The van der Waals surface area contributed by atoms with Crippen LogP contribution in [0.25, 0.3) is 0 Å². The van der Waals surface area contributed by atoms with E-state index < -0.39 is 0 Å². The summed E-state index contributed by atoms with van der Waals surface area (Å²) in [5, 5.41) is 3.47. The Kier molecular flexibility index (Phi) is 5.17. The molecule has 0 saturated heterocycles. The molecule has 0 radical (unpaired) electrons. The van der Waals surface area contributed by atoms with Crippen LogP contribution in [0.3, 0.4) is 0 Å². The Morgan fingerprint density at radius 3 is 2.57 bits per heavy atom. The largest absolute Gasteiger partial charge is 0.497 e. The van der Waals surface area contributed by atoms with E-state index >= 15 is 0 Å². The number of nitrogens with zero attached hydrogens (tertiary/aromatic N) is 1. The van der Waals surface area contributed by atoms with Crippen molar-refractivity contribution in [2.24, 2.45) is 0 Å². The Bertz CT molecular complexity index is 599. The fourth-order valence-corrected chi connectivity index (χ4v) is 2.36. The number of hydrogen-bond donors (Lipinski definition) is 1. The highest BCUT2D eigenvalue weighted by molar-refractivity contribution is 5.45. The monoisotopic (exact) mass is 286 g/mol. The first-order valence-electron chi connectivity index (χ1n) is 7.07. The van der Waals surface area contributed by atoms with Gasteiger partial charge in [-0.15, -0.1) is 0 Å². The minimum atomic E-state index is -0.0278. The Morgan fingerprint density at radius 1 is 1.14 bits per heavy atom. The van der Waals surface area contributed by atoms with Gasteiger partial charge in [0, 0.05) is 11.8 Å². The number of ether oxygens (including phenoxy) is 2. The molecule has 1 N–H and O–H groups in total. The molecule has 0 bridgehead atoms. The Hall–Kier alpha value is -2.07. The lowest BCUT2D eigenvalue weighted by Gasteiger charge is -2.21. The minimum absolute atomic E-state index is 0.0278. The lowest BCUT2D eigenvalue weighted by Crippen LogP contribution is -2.23. The van der Waals surface area contributed by atoms with E-state index in [9.17, 15) is 0 Å². The second-order valence-corrected chi connectivity index (χ2v) is 4.86. The molecule has 1 unspecified atom stereocenters. The van der Waals surface area contributed by atoms with Gasteiger partial charge in [-0.25, -0.2) is 0 Å². The zero-order valence-electron chi connectivity index (χ0n) is 13.0. The number of rotatable bonds is 6. The summed E-state index contributed by atoms with van der Waals surface area (Å²) >= 11 is 0. The topological polar surface area (TPSA) is 43.4 Å². The van der Waals surface area contributed by atoms with Gasteiger partial charge in [-0.1, -0.05) is 6.92 Å². The minimum Gasteiger partial charge on any atom is -0.497 e. The van der Waals surface area contributed by atoms with Gasteiger partial charge in [-0.2, -0.15) is 0 Å². The van der Waals surface area contributed by atoms with Gasteiger partial charge in [-0.05, 0) is 49.4 Å². The molecule has 0 aliphatic heterocycles. The summed E-state index contributed by atoms with van der Waals surface area (Å²) in [5.74, 6) is 1.63. The quantitative estimate of drug-likeness (QED) is 0.886. The highest BCUT2D eigenvalue weighted by atomic mass is 16.5. The summed E-state index contributed by atoms with van der Waals surface area (Å²) in [6, 6.07) is 9.88. The Balaban J connectivity index is 2.51.